The lowest BCUT2D eigenvalue weighted by Crippen LogP contribution is -2.41. The lowest BCUT2D eigenvalue weighted by atomic mass is 10.0. The molecule has 2 rings (SSSR count). The van der Waals surface area contributed by atoms with Crippen molar-refractivity contribution >= 4 is 17.5 Å². The first-order valence-corrected chi connectivity index (χ1v) is 7.39. The van der Waals surface area contributed by atoms with E-state index in [1.54, 1.807) is 18.2 Å². The van der Waals surface area contributed by atoms with Crippen LogP contribution in [0.3, 0.4) is 0 Å². The maximum Gasteiger partial charge on any atom is 0.251 e. The minimum absolute atomic E-state index is 0.116. The molecule has 1 amide bonds. The summed E-state index contributed by atoms with van der Waals surface area (Å²) in [5, 5.41) is 3.48. The average molecular weight is 307 g/mol. The summed E-state index contributed by atoms with van der Waals surface area (Å²) in [4.78, 5) is 12.2. The summed E-state index contributed by atoms with van der Waals surface area (Å²) in [6.07, 6.45) is 1.85. The first-order chi connectivity index (χ1) is 10.1. The molecule has 2 unspecified atom stereocenters. The third-order valence-corrected chi connectivity index (χ3v) is 3.69. The lowest BCUT2D eigenvalue weighted by molar-refractivity contribution is 0.0136. The zero-order chi connectivity index (χ0) is 15.2. The molecule has 2 atom stereocenters. The van der Waals surface area contributed by atoms with Gasteiger partial charge in [-0.05, 0) is 38.0 Å². The largest absolute Gasteiger partial charge is 0.378 e. The molecule has 1 aliphatic rings. The highest BCUT2D eigenvalue weighted by molar-refractivity contribution is 6.32. The predicted molar refractivity (Wildman–Crippen MR) is 83.3 cm³/mol. The predicted octanol–water partition coefficient (Wildman–Crippen LogP) is 1.95. The Hall–Kier alpha value is -1.54. The molecule has 0 radical (unpaired) electrons. The Morgan fingerprint density at radius 2 is 2.38 bits per heavy atom. The van der Waals surface area contributed by atoms with Crippen molar-refractivity contribution in [1.82, 2.24) is 5.32 Å². The Kier molecular flexibility index (Phi) is 5.63. The molecule has 1 fully saturated rings. The van der Waals surface area contributed by atoms with E-state index in [4.69, 9.17) is 22.1 Å². The van der Waals surface area contributed by atoms with Gasteiger partial charge in [-0.1, -0.05) is 23.4 Å². The SMILES string of the molecule is CC1CC(NC(=O)c2ccc(C#CCN)c(Cl)c2)CCO1. The van der Waals surface area contributed by atoms with Crippen LogP contribution in [0.4, 0.5) is 0 Å². The summed E-state index contributed by atoms with van der Waals surface area (Å²) in [7, 11) is 0. The van der Waals surface area contributed by atoms with E-state index >= 15 is 0 Å². The molecule has 1 saturated heterocycles. The number of hydrogen-bond acceptors (Lipinski definition) is 3. The number of ether oxygens (including phenoxy) is 1. The van der Waals surface area contributed by atoms with Gasteiger partial charge in [-0.3, -0.25) is 4.79 Å². The third kappa shape index (κ3) is 4.47. The molecule has 1 aliphatic heterocycles. The monoisotopic (exact) mass is 306 g/mol. The van der Waals surface area contributed by atoms with E-state index in [1.165, 1.54) is 0 Å². The van der Waals surface area contributed by atoms with Crippen molar-refractivity contribution in [1.29, 1.82) is 0 Å². The Balaban J connectivity index is 2.04. The van der Waals surface area contributed by atoms with Gasteiger partial charge in [-0.15, -0.1) is 0 Å². The molecule has 4 nitrogen and oxygen atoms in total. The van der Waals surface area contributed by atoms with Crippen molar-refractivity contribution in [2.45, 2.75) is 31.9 Å². The Morgan fingerprint density at radius 3 is 3.05 bits per heavy atom. The van der Waals surface area contributed by atoms with E-state index < -0.39 is 0 Å². The smallest absolute Gasteiger partial charge is 0.251 e. The normalized spacial score (nSPS) is 21.3. The van der Waals surface area contributed by atoms with Crippen LogP contribution in [-0.2, 0) is 4.74 Å². The lowest BCUT2D eigenvalue weighted by Gasteiger charge is -2.27. The maximum atomic E-state index is 12.2. The van der Waals surface area contributed by atoms with E-state index in [1.807, 2.05) is 6.92 Å². The molecular formula is C16H19ClN2O2. The number of amides is 1. The number of halogens is 1. The molecule has 0 aliphatic carbocycles. The average Bonchev–Trinajstić information content (AvgIpc) is 2.46. The van der Waals surface area contributed by atoms with Gasteiger partial charge in [0, 0.05) is 23.8 Å². The molecule has 1 aromatic rings. The molecule has 0 spiro atoms. The molecule has 5 heteroatoms. The van der Waals surface area contributed by atoms with E-state index in [0.29, 0.717) is 22.8 Å². The number of carbonyl (C=O) groups excluding carboxylic acids is 1. The second-order valence-electron chi connectivity index (χ2n) is 5.08. The van der Waals surface area contributed by atoms with Gasteiger partial charge < -0.3 is 15.8 Å². The minimum atomic E-state index is -0.116. The van der Waals surface area contributed by atoms with Gasteiger partial charge in [-0.25, -0.2) is 0 Å². The van der Waals surface area contributed by atoms with E-state index in [0.717, 1.165) is 12.8 Å². The van der Waals surface area contributed by atoms with Gasteiger partial charge in [0.25, 0.3) is 5.91 Å². The van der Waals surface area contributed by atoms with Crippen LogP contribution in [0, 0.1) is 11.8 Å². The molecule has 21 heavy (non-hydrogen) atoms. The highest BCUT2D eigenvalue weighted by Gasteiger charge is 2.21. The molecular weight excluding hydrogens is 288 g/mol. The molecule has 3 N–H and O–H groups in total. The second kappa shape index (κ2) is 7.46. The summed E-state index contributed by atoms with van der Waals surface area (Å²) in [6, 6.07) is 5.26. The van der Waals surface area contributed by atoms with Crippen molar-refractivity contribution in [3.05, 3.63) is 34.3 Å². The van der Waals surface area contributed by atoms with E-state index in [2.05, 4.69) is 17.2 Å². The molecule has 1 aromatic carbocycles. The summed E-state index contributed by atoms with van der Waals surface area (Å²) < 4.78 is 5.47. The first-order valence-electron chi connectivity index (χ1n) is 7.01. The summed E-state index contributed by atoms with van der Waals surface area (Å²) in [6.45, 7) is 2.97. The number of benzene rings is 1. The van der Waals surface area contributed by atoms with Crippen LogP contribution < -0.4 is 11.1 Å². The van der Waals surface area contributed by atoms with Crippen LogP contribution in [-0.4, -0.2) is 31.2 Å². The standard InChI is InChI=1S/C16H19ClN2O2/c1-11-9-14(6-8-21-11)19-16(20)13-5-4-12(3-2-7-18)15(17)10-13/h4-5,10-11,14H,6-9,18H2,1H3,(H,19,20). The van der Waals surface area contributed by atoms with Crippen molar-refractivity contribution < 1.29 is 9.53 Å². The first kappa shape index (κ1) is 15.8. The van der Waals surface area contributed by atoms with E-state index in [-0.39, 0.29) is 24.6 Å². The highest BCUT2D eigenvalue weighted by Crippen LogP contribution is 2.18. The Morgan fingerprint density at radius 1 is 1.57 bits per heavy atom. The van der Waals surface area contributed by atoms with Crippen LogP contribution in [0.5, 0.6) is 0 Å². The van der Waals surface area contributed by atoms with Gasteiger partial charge in [0.15, 0.2) is 0 Å². The zero-order valence-corrected chi connectivity index (χ0v) is 12.7. The Labute approximate surface area is 130 Å². The van der Waals surface area contributed by atoms with Crippen LogP contribution in [0.1, 0.15) is 35.7 Å². The molecule has 1 heterocycles. The van der Waals surface area contributed by atoms with Crippen LogP contribution in [0.15, 0.2) is 18.2 Å². The van der Waals surface area contributed by atoms with Gasteiger partial charge >= 0.3 is 0 Å². The van der Waals surface area contributed by atoms with Gasteiger partial charge in [0.05, 0.1) is 17.7 Å². The number of nitrogens with one attached hydrogen (secondary N) is 1. The van der Waals surface area contributed by atoms with Crippen molar-refractivity contribution in [3.63, 3.8) is 0 Å². The molecule has 112 valence electrons. The van der Waals surface area contributed by atoms with Crippen molar-refractivity contribution in [2.24, 2.45) is 5.73 Å². The van der Waals surface area contributed by atoms with Crippen LogP contribution in [0.25, 0.3) is 0 Å². The topological polar surface area (TPSA) is 64.4 Å². The minimum Gasteiger partial charge on any atom is -0.378 e. The van der Waals surface area contributed by atoms with Gasteiger partial charge in [-0.2, -0.15) is 0 Å². The number of rotatable bonds is 2. The summed E-state index contributed by atoms with van der Waals surface area (Å²) >= 11 is 6.13. The number of hydrogen-bond donors (Lipinski definition) is 2. The number of carbonyl (C=O) groups is 1. The number of nitrogens with two attached hydrogens (primary N) is 1. The molecule has 0 saturated carbocycles. The third-order valence-electron chi connectivity index (χ3n) is 3.38. The fourth-order valence-electron chi connectivity index (χ4n) is 2.30. The zero-order valence-electron chi connectivity index (χ0n) is 12.0. The van der Waals surface area contributed by atoms with Crippen LogP contribution >= 0.6 is 11.6 Å². The second-order valence-corrected chi connectivity index (χ2v) is 5.48. The van der Waals surface area contributed by atoms with E-state index in [9.17, 15) is 4.79 Å². The fraction of sp³-hybridized carbons (Fsp3) is 0.438. The van der Waals surface area contributed by atoms with Crippen LogP contribution in [0.2, 0.25) is 5.02 Å². The van der Waals surface area contributed by atoms with Gasteiger partial charge in [0.2, 0.25) is 0 Å². The molecule has 0 bridgehead atoms. The quantitative estimate of drug-likeness (QED) is 0.821. The highest BCUT2D eigenvalue weighted by atomic mass is 35.5. The van der Waals surface area contributed by atoms with Crippen molar-refractivity contribution in [2.75, 3.05) is 13.2 Å². The molecule has 0 aromatic heterocycles. The Bertz CT molecular complexity index is 577. The van der Waals surface area contributed by atoms with Gasteiger partial charge in [0.1, 0.15) is 0 Å². The fourth-order valence-corrected chi connectivity index (χ4v) is 2.53. The summed E-state index contributed by atoms with van der Waals surface area (Å²) in [5.74, 6) is 5.50. The van der Waals surface area contributed by atoms with Crippen molar-refractivity contribution in [3.8, 4) is 11.8 Å². The summed E-state index contributed by atoms with van der Waals surface area (Å²) in [5.41, 5.74) is 6.55. The maximum absolute atomic E-state index is 12.2.